The Morgan fingerprint density at radius 2 is 2.24 bits per heavy atom. The van der Waals surface area contributed by atoms with Crippen LogP contribution in [0.5, 0.6) is 0 Å². The topological polar surface area (TPSA) is 52.6 Å². The molecule has 0 radical (unpaired) electrons. The SMILES string of the molecule is COC(=O)[C@@]12C(=O)CC[C@@]13[C@@H]1CC[C@H]2[C@@H]3CO1. The molecule has 0 amide bonds. The highest BCUT2D eigenvalue weighted by molar-refractivity contribution is 6.09. The Kier molecular flexibility index (Phi) is 1.62. The maximum Gasteiger partial charge on any atom is 0.320 e. The fourth-order valence-corrected chi connectivity index (χ4v) is 5.56. The van der Waals surface area contributed by atoms with Gasteiger partial charge in [0.15, 0.2) is 5.78 Å². The second-order valence-corrected chi connectivity index (χ2v) is 5.88. The van der Waals surface area contributed by atoms with Crippen LogP contribution in [0, 0.1) is 22.7 Å². The maximum atomic E-state index is 12.3. The van der Waals surface area contributed by atoms with Gasteiger partial charge in [0.25, 0.3) is 0 Å². The summed E-state index contributed by atoms with van der Waals surface area (Å²) in [6.45, 7) is 0.737. The van der Waals surface area contributed by atoms with Gasteiger partial charge in [0.2, 0.25) is 0 Å². The molecule has 0 N–H and O–H groups in total. The molecule has 1 aliphatic heterocycles. The lowest BCUT2D eigenvalue weighted by Crippen LogP contribution is -2.73. The quantitative estimate of drug-likeness (QED) is 0.502. The summed E-state index contributed by atoms with van der Waals surface area (Å²) in [5, 5.41) is 0. The van der Waals surface area contributed by atoms with E-state index >= 15 is 0 Å². The van der Waals surface area contributed by atoms with Gasteiger partial charge in [-0.1, -0.05) is 0 Å². The fraction of sp³-hybridized carbons (Fsp3) is 0.846. The minimum Gasteiger partial charge on any atom is -0.468 e. The summed E-state index contributed by atoms with van der Waals surface area (Å²) < 4.78 is 10.8. The van der Waals surface area contributed by atoms with Crippen LogP contribution in [0.3, 0.4) is 0 Å². The highest BCUT2D eigenvalue weighted by atomic mass is 16.5. The van der Waals surface area contributed by atoms with Gasteiger partial charge in [-0.15, -0.1) is 0 Å². The Labute approximate surface area is 99.6 Å². The van der Waals surface area contributed by atoms with Crippen molar-refractivity contribution in [1.29, 1.82) is 0 Å². The summed E-state index contributed by atoms with van der Waals surface area (Å²) in [7, 11) is 1.40. The third kappa shape index (κ3) is 0.717. The van der Waals surface area contributed by atoms with Crippen molar-refractivity contribution >= 4 is 11.8 Å². The predicted octanol–water partition coefficient (Wildman–Crippen LogP) is 0.934. The number of hydrogen-bond donors (Lipinski definition) is 0. The average molecular weight is 236 g/mol. The third-order valence-electron chi connectivity index (χ3n) is 5.94. The smallest absolute Gasteiger partial charge is 0.320 e. The number of ketones is 1. The number of fused-ring (bicyclic) bond motifs is 1. The largest absolute Gasteiger partial charge is 0.468 e. The normalized spacial score (nSPS) is 54.2. The van der Waals surface area contributed by atoms with Gasteiger partial charge in [0.05, 0.1) is 19.8 Å². The lowest BCUT2D eigenvalue weighted by atomic mass is 9.34. The van der Waals surface area contributed by atoms with E-state index < -0.39 is 5.41 Å². The van der Waals surface area contributed by atoms with Gasteiger partial charge in [0, 0.05) is 11.8 Å². The molecule has 1 spiro atoms. The number of hydrogen-bond acceptors (Lipinski definition) is 4. The first-order valence-corrected chi connectivity index (χ1v) is 6.43. The summed E-state index contributed by atoms with van der Waals surface area (Å²) in [4.78, 5) is 24.6. The van der Waals surface area contributed by atoms with E-state index in [4.69, 9.17) is 9.47 Å². The van der Waals surface area contributed by atoms with Gasteiger partial charge >= 0.3 is 5.97 Å². The van der Waals surface area contributed by atoms with Gasteiger partial charge < -0.3 is 9.47 Å². The van der Waals surface area contributed by atoms with Crippen LogP contribution in [-0.2, 0) is 19.1 Å². The first kappa shape index (κ1) is 10.1. The molecule has 4 aliphatic carbocycles. The number of carbonyl (C=O) groups excluding carboxylic acids is 2. The zero-order chi connectivity index (χ0) is 11.8. The number of Topliss-reactive ketones (excluding diaryl/α,β-unsaturated/α-hetero) is 1. The molecule has 5 atom stereocenters. The third-order valence-corrected chi connectivity index (χ3v) is 5.94. The van der Waals surface area contributed by atoms with Crippen molar-refractivity contribution in [2.45, 2.75) is 31.8 Å². The van der Waals surface area contributed by atoms with Crippen molar-refractivity contribution in [2.24, 2.45) is 22.7 Å². The molecule has 4 nitrogen and oxygen atoms in total. The molecule has 0 aromatic rings. The molecular weight excluding hydrogens is 220 g/mol. The monoisotopic (exact) mass is 236 g/mol. The molecule has 0 aromatic carbocycles. The molecule has 92 valence electrons. The van der Waals surface area contributed by atoms with Gasteiger partial charge in [-0.25, -0.2) is 0 Å². The summed E-state index contributed by atoms with van der Waals surface area (Å²) in [6.07, 6.45) is 3.42. The Morgan fingerprint density at radius 3 is 2.94 bits per heavy atom. The summed E-state index contributed by atoms with van der Waals surface area (Å²) in [6, 6.07) is 0. The number of esters is 1. The van der Waals surface area contributed by atoms with E-state index in [1.807, 2.05) is 0 Å². The van der Waals surface area contributed by atoms with Crippen molar-refractivity contribution in [2.75, 3.05) is 13.7 Å². The number of methoxy groups -OCH3 is 1. The van der Waals surface area contributed by atoms with Crippen LogP contribution in [-0.4, -0.2) is 31.6 Å². The molecule has 5 fully saturated rings. The lowest BCUT2D eigenvalue weighted by Gasteiger charge is -2.65. The maximum absolute atomic E-state index is 12.3. The number of ether oxygens (including phenoxy) is 2. The minimum absolute atomic E-state index is 0.112. The molecule has 1 saturated heterocycles. The van der Waals surface area contributed by atoms with Crippen molar-refractivity contribution in [3.05, 3.63) is 0 Å². The molecule has 1 heterocycles. The highest BCUT2D eigenvalue weighted by Crippen LogP contribution is 2.79. The first-order valence-electron chi connectivity index (χ1n) is 6.43. The molecule has 4 heteroatoms. The Morgan fingerprint density at radius 1 is 1.41 bits per heavy atom. The van der Waals surface area contributed by atoms with E-state index in [1.54, 1.807) is 0 Å². The zero-order valence-corrected chi connectivity index (χ0v) is 9.90. The Hall–Kier alpha value is -0.900. The summed E-state index contributed by atoms with van der Waals surface area (Å²) in [5.41, 5.74) is -1.02. The highest BCUT2D eigenvalue weighted by Gasteiger charge is 2.86. The van der Waals surface area contributed by atoms with E-state index in [9.17, 15) is 9.59 Å². The second kappa shape index (κ2) is 2.74. The number of carbonyl (C=O) groups is 2. The van der Waals surface area contributed by atoms with Crippen LogP contribution in [0.15, 0.2) is 0 Å². The number of rotatable bonds is 1. The average Bonchev–Trinajstić information content (AvgIpc) is 2.69. The van der Waals surface area contributed by atoms with Crippen molar-refractivity contribution in [1.82, 2.24) is 0 Å². The first-order chi connectivity index (χ1) is 8.19. The van der Waals surface area contributed by atoms with Crippen molar-refractivity contribution < 1.29 is 19.1 Å². The van der Waals surface area contributed by atoms with Crippen molar-refractivity contribution in [3.63, 3.8) is 0 Å². The summed E-state index contributed by atoms with van der Waals surface area (Å²) >= 11 is 0. The molecule has 17 heavy (non-hydrogen) atoms. The molecule has 4 saturated carbocycles. The van der Waals surface area contributed by atoms with Crippen LogP contribution in [0.2, 0.25) is 0 Å². The van der Waals surface area contributed by atoms with Crippen LogP contribution in [0.25, 0.3) is 0 Å². The summed E-state index contributed by atoms with van der Waals surface area (Å²) in [5.74, 6) is 0.424. The Balaban J connectivity index is 1.92. The van der Waals surface area contributed by atoms with E-state index in [0.29, 0.717) is 12.3 Å². The van der Waals surface area contributed by atoms with E-state index in [-0.39, 0.29) is 29.2 Å². The fourth-order valence-electron chi connectivity index (χ4n) is 5.56. The van der Waals surface area contributed by atoms with E-state index in [1.165, 1.54) is 7.11 Å². The minimum atomic E-state index is -0.828. The van der Waals surface area contributed by atoms with Gasteiger partial charge in [0.1, 0.15) is 5.41 Å². The van der Waals surface area contributed by atoms with Crippen LogP contribution < -0.4 is 0 Å². The molecule has 5 rings (SSSR count). The van der Waals surface area contributed by atoms with Gasteiger partial charge in [-0.3, -0.25) is 9.59 Å². The van der Waals surface area contributed by atoms with Gasteiger partial charge in [-0.05, 0) is 31.1 Å². The standard InChI is InChI=1S/C13H16O4/c1-16-11(15)13-7-2-3-10-12(13,5-4-9(13)14)8(7)6-17-10/h7-8,10H,2-6H2,1H3/t7-,8-,10-,12+,13+/m0/s1. The molecule has 4 bridgehead atoms. The molecule has 0 unspecified atom stereocenters. The van der Waals surface area contributed by atoms with Gasteiger partial charge in [-0.2, -0.15) is 0 Å². The van der Waals surface area contributed by atoms with Crippen molar-refractivity contribution in [3.8, 4) is 0 Å². The molecule has 5 aliphatic rings. The second-order valence-electron chi connectivity index (χ2n) is 5.88. The molecular formula is C13H16O4. The van der Waals surface area contributed by atoms with Crippen LogP contribution in [0.1, 0.15) is 25.7 Å². The van der Waals surface area contributed by atoms with Crippen LogP contribution in [0.4, 0.5) is 0 Å². The predicted molar refractivity (Wildman–Crippen MR) is 57.1 cm³/mol. The van der Waals surface area contributed by atoms with E-state index in [2.05, 4.69) is 0 Å². The lowest BCUT2D eigenvalue weighted by molar-refractivity contribution is -0.225. The Bertz CT molecular complexity index is 420. The van der Waals surface area contributed by atoms with E-state index in [0.717, 1.165) is 25.9 Å². The zero-order valence-electron chi connectivity index (χ0n) is 9.90. The van der Waals surface area contributed by atoms with Crippen LogP contribution >= 0.6 is 0 Å². The molecule has 0 aromatic heterocycles.